The molecule has 0 aliphatic carbocycles. The number of alkyl halides is 2. The lowest BCUT2D eigenvalue weighted by Crippen LogP contribution is -2.52. The summed E-state index contributed by atoms with van der Waals surface area (Å²) in [5.41, 5.74) is 5.48. The first kappa shape index (κ1) is 23.9. The minimum Gasteiger partial charge on any atom is -0.377 e. The summed E-state index contributed by atoms with van der Waals surface area (Å²) in [6.07, 6.45) is 1.90. The Kier molecular flexibility index (Phi) is 6.19. The van der Waals surface area contributed by atoms with Crippen molar-refractivity contribution in [3.8, 4) is 17.2 Å². The van der Waals surface area contributed by atoms with E-state index in [1.54, 1.807) is 6.07 Å². The summed E-state index contributed by atoms with van der Waals surface area (Å²) in [7, 11) is 0. The number of carbonyl (C=O) groups is 1. The lowest BCUT2D eigenvalue weighted by Gasteiger charge is -2.44. The maximum absolute atomic E-state index is 13.7. The average Bonchev–Trinajstić information content (AvgIpc) is 2.88. The summed E-state index contributed by atoms with van der Waals surface area (Å²) < 4.78 is 33.0. The van der Waals surface area contributed by atoms with Gasteiger partial charge in [-0.1, -0.05) is 18.2 Å². The van der Waals surface area contributed by atoms with Crippen molar-refractivity contribution in [1.82, 2.24) is 4.98 Å². The van der Waals surface area contributed by atoms with E-state index in [2.05, 4.69) is 33.4 Å². The molecule has 1 aromatic heterocycles. The van der Waals surface area contributed by atoms with E-state index in [0.29, 0.717) is 25.3 Å². The summed E-state index contributed by atoms with van der Waals surface area (Å²) in [6.45, 7) is 4.66. The Morgan fingerprint density at radius 2 is 2.08 bits per heavy atom. The van der Waals surface area contributed by atoms with Crippen LogP contribution in [-0.4, -0.2) is 36.7 Å². The molecular formula is C28H28F2N4O2. The molecule has 0 spiro atoms. The molecule has 1 amide bonds. The molecule has 186 valence electrons. The zero-order valence-corrected chi connectivity index (χ0v) is 20.1. The van der Waals surface area contributed by atoms with Crippen molar-refractivity contribution in [2.45, 2.75) is 32.2 Å². The molecule has 2 aliphatic heterocycles. The van der Waals surface area contributed by atoms with E-state index in [1.165, 1.54) is 12.3 Å². The molecular weight excluding hydrogens is 462 g/mol. The Hall–Kier alpha value is -3.83. The molecule has 2 aromatic carbocycles. The second-order valence-corrected chi connectivity index (χ2v) is 9.42. The summed E-state index contributed by atoms with van der Waals surface area (Å²) in [5, 5.41) is 12.5. The first-order valence-electron chi connectivity index (χ1n) is 11.9. The number of anilines is 2. The van der Waals surface area contributed by atoms with Crippen LogP contribution in [0.4, 0.5) is 20.2 Å². The van der Waals surface area contributed by atoms with Crippen molar-refractivity contribution < 1.29 is 19.7 Å². The SMILES string of the molecule is Cc1ccc(NC(=O)c2ccnc(C(C)(F)F)c2)cc1-c1ccc2c(c1)N1CCOC[C@H]1[C@H](C#N)C2.[HH]. The first-order chi connectivity index (χ1) is 17.2. The van der Waals surface area contributed by atoms with Crippen LogP contribution in [0.15, 0.2) is 54.7 Å². The van der Waals surface area contributed by atoms with Gasteiger partial charge in [0.25, 0.3) is 11.8 Å². The molecule has 3 heterocycles. The predicted molar refractivity (Wildman–Crippen MR) is 135 cm³/mol. The number of nitrogens with zero attached hydrogens (tertiary/aromatic N) is 3. The number of pyridine rings is 1. The Morgan fingerprint density at radius 3 is 2.86 bits per heavy atom. The number of morpholine rings is 1. The molecule has 3 aromatic rings. The molecule has 0 bridgehead atoms. The van der Waals surface area contributed by atoms with Gasteiger partial charge in [0, 0.05) is 38.0 Å². The Balaban J connectivity index is 0.00000320. The van der Waals surface area contributed by atoms with Crippen LogP contribution >= 0.6 is 0 Å². The Labute approximate surface area is 210 Å². The molecule has 1 saturated heterocycles. The van der Waals surface area contributed by atoms with Gasteiger partial charge >= 0.3 is 0 Å². The zero-order chi connectivity index (χ0) is 25.4. The van der Waals surface area contributed by atoms with Crippen LogP contribution in [0, 0.1) is 24.2 Å². The van der Waals surface area contributed by atoms with E-state index in [0.717, 1.165) is 47.5 Å². The quantitative estimate of drug-likeness (QED) is 0.518. The third-order valence-electron chi connectivity index (χ3n) is 6.91. The van der Waals surface area contributed by atoms with Gasteiger partial charge in [-0.15, -0.1) is 0 Å². The number of carbonyl (C=O) groups excluding carboxylic acids is 1. The van der Waals surface area contributed by atoms with Gasteiger partial charge in [-0.3, -0.25) is 9.78 Å². The molecule has 1 N–H and O–H groups in total. The number of amides is 1. The number of aromatic nitrogens is 1. The number of aryl methyl sites for hydroxylation is 1. The summed E-state index contributed by atoms with van der Waals surface area (Å²) in [5.74, 6) is -3.72. The molecule has 0 saturated carbocycles. The predicted octanol–water partition coefficient (Wildman–Crippen LogP) is 5.57. The maximum Gasteiger partial charge on any atom is 0.286 e. The van der Waals surface area contributed by atoms with Crippen molar-refractivity contribution in [1.29, 1.82) is 5.26 Å². The van der Waals surface area contributed by atoms with Crippen molar-refractivity contribution in [3.63, 3.8) is 0 Å². The first-order valence-corrected chi connectivity index (χ1v) is 11.9. The second-order valence-electron chi connectivity index (χ2n) is 9.42. The van der Waals surface area contributed by atoms with Crippen molar-refractivity contribution in [2.24, 2.45) is 5.92 Å². The number of halogens is 2. The van der Waals surface area contributed by atoms with E-state index in [-0.39, 0.29) is 18.9 Å². The Bertz CT molecular complexity index is 1370. The topological polar surface area (TPSA) is 78.2 Å². The number of nitrogens with one attached hydrogen (secondary N) is 1. The van der Waals surface area contributed by atoms with E-state index in [1.807, 2.05) is 25.1 Å². The zero-order valence-electron chi connectivity index (χ0n) is 20.1. The van der Waals surface area contributed by atoms with Crippen LogP contribution in [0.3, 0.4) is 0 Å². The maximum atomic E-state index is 13.7. The number of benzene rings is 2. The number of nitriles is 1. The standard InChI is InChI=1S/C28H26F2N4O2.H2/c1-17-3-6-22(33-27(35)20-7-8-32-26(13-20)28(2,29)30)14-23(17)18-4-5-19-11-21(15-31)25-16-36-10-9-34(25)24(19)12-18;/h3-8,12-14,21,25H,9-11,16H2,1-2H3,(H,33,35);1H/t21-,25-;/m0./s1. The monoisotopic (exact) mass is 490 g/mol. The van der Waals surface area contributed by atoms with Gasteiger partial charge in [0.05, 0.1) is 31.2 Å². The van der Waals surface area contributed by atoms with Gasteiger partial charge in [0.15, 0.2) is 0 Å². The van der Waals surface area contributed by atoms with Gasteiger partial charge in [0.2, 0.25) is 0 Å². The summed E-state index contributed by atoms with van der Waals surface area (Å²) >= 11 is 0. The van der Waals surface area contributed by atoms with Crippen LogP contribution in [0.5, 0.6) is 0 Å². The highest BCUT2D eigenvalue weighted by Crippen LogP contribution is 2.39. The van der Waals surface area contributed by atoms with Crippen LogP contribution in [-0.2, 0) is 17.1 Å². The second kappa shape index (κ2) is 9.32. The van der Waals surface area contributed by atoms with Crippen LogP contribution < -0.4 is 10.2 Å². The summed E-state index contributed by atoms with van der Waals surface area (Å²) in [4.78, 5) is 18.8. The highest BCUT2D eigenvalue weighted by atomic mass is 19.3. The molecule has 0 unspecified atom stereocenters. The van der Waals surface area contributed by atoms with Crippen LogP contribution in [0.2, 0.25) is 0 Å². The van der Waals surface area contributed by atoms with Gasteiger partial charge < -0.3 is 15.0 Å². The van der Waals surface area contributed by atoms with Crippen LogP contribution in [0.1, 0.15) is 35.5 Å². The number of fused-ring (bicyclic) bond motifs is 3. The molecule has 2 atom stereocenters. The number of rotatable bonds is 4. The van der Waals surface area contributed by atoms with Gasteiger partial charge in [-0.2, -0.15) is 14.0 Å². The fourth-order valence-electron chi connectivity index (χ4n) is 4.96. The smallest absolute Gasteiger partial charge is 0.286 e. The molecule has 1 fully saturated rings. The average molecular weight is 491 g/mol. The lowest BCUT2D eigenvalue weighted by molar-refractivity contribution is 0.0127. The van der Waals surface area contributed by atoms with Crippen molar-refractivity contribution >= 4 is 17.3 Å². The van der Waals surface area contributed by atoms with Gasteiger partial charge in [-0.05, 0) is 65.9 Å². The molecule has 0 radical (unpaired) electrons. The minimum absolute atomic E-state index is 0. The highest BCUT2D eigenvalue weighted by molar-refractivity contribution is 6.04. The molecule has 6 nitrogen and oxygen atoms in total. The third kappa shape index (κ3) is 4.54. The minimum atomic E-state index is -3.13. The molecule has 36 heavy (non-hydrogen) atoms. The van der Waals surface area contributed by atoms with E-state index < -0.39 is 17.5 Å². The fourth-order valence-corrected chi connectivity index (χ4v) is 4.96. The number of ether oxygens (including phenoxy) is 1. The largest absolute Gasteiger partial charge is 0.377 e. The van der Waals surface area contributed by atoms with Crippen molar-refractivity contribution in [3.05, 3.63) is 77.1 Å². The fraction of sp³-hybridized carbons (Fsp3) is 0.321. The van der Waals surface area contributed by atoms with E-state index in [9.17, 15) is 18.8 Å². The summed E-state index contributed by atoms with van der Waals surface area (Å²) in [6, 6.07) is 16.9. The normalized spacial score (nSPS) is 19.1. The van der Waals surface area contributed by atoms with E-state index in [4.69, 9.17) is 4.74 Å². The van der Waals surface area contributed by atoms with E-state index >= 15 is 0 Å². The molecule has 8 heteroatoms. The lowest BCUT2D eigenvalue weighted by atomic mass is 9.85. The molecule has 2 aliphatic rings. The number of hydrogen-bond acceptors (Lipinski definition) is 5. The van der Waals surface area contributed by atoms with Gasteiger partial charge in [0.1, 0.15) is 5.69 Å². The Morgan fingerprint density at radius 1 is 1.25 bits per heavy atom. The molecule has 5 rings (SSSR count). The highest BCUT2D eigenvalue weighted by Gasteiger charge is 2.36. The number of hydrogen-bond donors (Lipinski definition) is 1. The third-order valence-corrected chi connectivity index (χ3v) is 6.91. The van der Waals surface area contributed by atoms with Gasteiger partial charge in [-0.25, -0.2) is 0 Å². The van der Waals surface area contributed by atoms with Crippen LogP contribution in [0.25, 0.3) is 11.1 Å². The van der Waals surface area contributed by atoms with Crippen molar-refractivity contribution in [2.75, 3.05) is 30.0 Å².